The number of aromatic nitrogens is 1. The van der Waals surface area contributed by atoms with Crippen LogP contribution in [0.25, 0.3) is 0 Å². The molecule has 1 rings (SSSR count). The second kappa shape index (κ2) is 4.62. The summed E-state index contributed by atoms with van der Waals surface area (Å²) in [5, 5.41) is 0. The van der Waals surface area contributed by atoms with Crippen LogP contribution >= 0.6 is 0 Å². The van der Waals surface area contributed by atoms with Crippen molar-refractivity contribution in [2.75, 3.05) is 0 Å². The number of hydrogen-bond donors (Lipinski definition) is 2. The van der Waals surface area contributed by atoms with E-state index in [0.717, 1.165) is 12.3 Å². The summed E-state index contributed by atoms with van der Waals surface area (Å²) in [5.41, 5.74) is 1.35. The smallest absolute Gasteiger partial charge is 0.271 e. The summed E-state index contributed by atoms with van der Waals surface area (Å²) in [5.74, 6) is 5.36. The molecule has 0 amide bonds. The van der Waals surface area contributed by atoms with Gasteiger partial charge in [0.2, 0.25) is 0 Å². The Kier molecular flexibility index (Phi) is 3.78. The van der Waals surface area contributed by atoms with Gasteiger partial charge < -0.3 is 0 Å². The Bertz CT molecular complexity index is 382. The van der Waals surface area contributed by atoms with Gasteiger partial charge in [0.05, 0.1) is 11.6 Å². The molecule has 0 bridgehead atoms. The van der Waals surface area contributed by atoms with Crippen LogP contribution in [0.3, 0.4) is 0 Å². The van der Waals surface area contributed by atoms with Crippen LogP contribution in [0.5, 0.6) is 0 Å². The largest absolute Gasteiger partial charge is 0.416 e. The maximum atomic E-state index is 12.8. The van der Waals surface area contributed by atoms with Crippen molar-refractivity contribution in [2.24, 2.45) is 11.3 Å². The Balaban J connectivity index is 3.30. The second-order valence-electron chi connectivity index (χ2n) is 4.93. The van der Waals surface area contributed by atoms with Crippen molar-refractivity contribution < 1.29 is 13.2 Å². The van der Waals surface area contributed by atoms with Gasteiger partial charge in [-0.2, -0.15) is 13.2 Å². The molecule has 3 N–H and O–H groups in total. The minimum absolute atomic E-state index is 0.0648. The van der Waals surface area contributed by atoms with Gasteiger partial charge in [-0.05, 0) is 11.5 Å². The Morgan fingerprint density at radius 2 is 1.88 bits per heavy atom. The quantitative estimate of drug-likeness (QED) is 0.624. The maximum Gasteiger partial charge on any atom is 0.416 e. The van der Waals surface area contributed by atoms with Gasteiger partial charge in [-0.1, -0.05) is 20.8 Å². The van der Waals surface area contributed by atoms with Gasteiger partial charge in [0, 0.05) is 18.0 Å². The fourth-order valence-corrected chi connectivity index (χ4v) is 1.70. The number of hydrogen-bond acceptors (Lipinski definition) is 3. The van der Waals surface area contributed by atoms with Crippen molar-refractivity contribution >= 4 is 0 Å². The molecule has 0 aliphatic carbocycles. The molecule has 17 heavy (non-hydrogen) atoms. The average Bonchev–Trinajstić information content (AvgIpc) is 2.15. The van der Waals surface area contributed by atoms with Crippen LogP contribution in [0.15, 0.2) is 18.5 Å². The average molecular weight is 247 g/mol. The van der Waals surface area contributed by atoms with Crippen molar-refractivity contribution in [3.63, 3.8) is 0 Å². The molecule has 1 atom stereocenters. The third kappa shape index (κ3) is 3.17. The van der Waals surface area contributed by atoms with E-state index in [1.807, 2.05) is 20.8 Å². The highest BCUT2D eigenvalue weighted by atomic mass is 19.4. The maximum absolute atomic E-state index is 12.8. The molecule has 0 spiro atoms. The molecular weight excluding hydrogens is 231 g/mol. The summed E-state index contributed by atoms with van der Waals surface area (Å²) in [6.45, 7) is 5.43. The highest BCUT2D eigenvalue weighted by molar-refractivity contribution is 5.30. The first-order valence-corrected chi connectivity index (χ1v) is 5.15. The molecule has 96 valence electrons. The van der Waals surface area contributed by atoms with E-state index < -0.39 is 23.2 Å². The number of halogens is 3. The molecule has 0 saturated carbocycles. The molecule has 0 aromatic carbocycles. The Labute approximate surface area is 98.2 Å². The number of pyridine rings is 1. The summed E-state index contributed by atoms with van der Waals surface area (Å²) in [7, 11) is 0. The summed E-state index contributed by atoms with van der Waals surface area (Å²) in [6.07, 6.45) is -2.07. The van der Waals surface area contributed by atoms with Gasteiger partial charge in [-0.25, -0.2) is 0 Å². The normalized spacial score (nSPS) is 14.8. The number of alkyl halides is 3. The van der Waals surface area contributed by atoms with Gasteiger partial charge in [-0.15, -0.1) is 0 Å². The highest BCUT2D eigenvalue weighted by Crippen LogP contribution is 2.39. The van der Waals surface area contributed by atoms with E-state index >= 15 is 0 Å². The third-order valence-corrected chi connectivity index (χ3v) is 2.50. The van der Waals surface area contributed by atoms with Crippen molar-refractivity contribution in [3.8, 4) is 0 Å². The first kappa shape index (κ1) is 13.9. The molecule has 1 unspecified atom stereocenters. The molecule has 0 aliphatic heterocycles. The first-order chi connectivity index (χ1) is 7.68. The zero-order chi connectivity index (χ0) is 13.3. The molecule has 6 heteroatoms. The zero-order valence-corrected chi connectivity index (χ0v) is 9.97. The Hall–Kier alpha value is -1.14. The van der Waals surface area contributed by atoms with Gasteiger partial charge >= 0.3 is 6.18 Å². The molecule has 1 heterocycles. The van der Waals surface area contributed by atoms with Gasteiger partial charge in [-0.3, -0.25) is 16.3 Å². The summed E-state index contributed by atoms with van der Waals surface area (Å²) >= 11 is 0. The minimum atomic E-state index is -4.40. The lowest BCUT2D eigenvalue weighted by Crippen LogP contribution is -2.38. The number of nitrogens with one attached hydrogen (secondary N) is 1. The molecular formula is C11H16F3N3. The van der Waals surface area contributed by atoms with Crippen molar-refractivity contribution in [1.82, 2.24) is 10.4 Å². The SMILES string of the molecule is CC(C)(C)C(NN)c1cnccc1C(F)(F)F. The Morgan fingerprint density at radius 3 is 2.29 bits per heavy atom. The van der Waals surface area contributed by atoms with E-state index in [0.29, 0.717) is 0 Å². The van der Waals surface area contributed by atoms with E-state index in [2.05, 4.69) is 10.4 Å². The van der Waals surface area contributed by atoms with E-state index in [1.165, 1.54) is 6.20 Å². The van der Waals surface area contributed by atoms with Crippen molar-refractivity contribution in [3.05, 3.63) is 29.6 Å². The van der Waals surface area contributed by atoms with Crippen LogP contribution in [0.2, 0.25) is 0 Å². The lowest BCUT2D eigenvalue weighted by atomic mass is 9.81. The molecule has 0 fully saturated rings. The van der Waals surface area contributed by atoms with Gasteiger partial charge in [0.1, 0.15) is 0 Å². The van der Waals surface area contributed by atoms with Crippen LogP contribution in [-0.2, 0) is 6.18 Å². The van der Waals surface area contributed by atoms with Gasteiger partial charge in [0.25, 0.3) is 0 Å². The fourth-order valence-electron chi connectivity index (χ4n) is 1.70. The van der Waals surface area contributed by atoms with Crippen LogP contribution < -0.4 is 11.3 Å². The Morgan fingerprint density at radius 1 is 1.29 bits per heavy atom. The van der Waals surface area contributed by atoms with E-state index in [4.69, 9.17) is 5.84 Å². The summed E-state index contributed by atoms with van der Waals surface area (Å²) in [4.78, 5) is 3.75. The van der Waals surface area contributed by atoms with Gasteiger partial charge in [0.15, 0.2) is 0 Å². The standard InChI is InChI=1S/C11H16F3N3/c1-10(2,3)9(17-15)7-6-16-5-4-8(7)11(12,13)14/h4-6,9,17H,15H2,1-3H3. The molecule has 0 saturated heterocycles. The first-order valence-electron chi connectivity index (χ1n) is 5.15. The van der Waals surface area contributed by atoms with Crippen LogP contribution in [-0.4, -0.2) is 4.98 Å². The number of nitrogens with two attached hydrogens (primary N) is 1. The fraction of sp³-hybridized carbons (Fsp3) is 0.545. The topological polar surface area (TPSA) is 50.9 Å². The predicted molar refractivity (Wildman–Crippen MR) is 58.8 cm³/mol. The lowest BCUT2D eigenvalue weighted by molar-refractivity contribution is -0.138. The minimum Gasteiger partial charge on any atom is -0.271 e. The number of nitrogens with zero attached hydrogens (tertiary/aromatic N) is 1. The third-order valence-electron chi connectivity index (χ3n) is 2.50. The number of hydrazine groups is 1. The summed E-state index contributed by atoms with van der Waals surface area (Å²) < 4.78 is 38.5. The molecule has 1 aromatic rings. The van der Waals surface area contributed by atoms with Crippen LogP contribution in [0.1, 0.15) is 37.9 Å². The highest BCUT2D eigenvalue weighted by Gasteiger charge is 2.37. The van der Waals surface area contributed by atoms with Crippen molar-refractivity contribution in [1.29, 1.82) is 0 Å². The molecule has 1 aromatic heterocycles. The second-order valence-corrected chi connectivity index (χ2v) is 4.93. The predicted octanol–water partition coefficient (Wildman–Crippen LogP) is 2.65. The number of rotatable bonds is 2. The molecule has 3 nitrogen and oxygen atoms in total. The van der Waals surface area contributed by atoms with Crippen LogP contribution in [0, 0.1) is 5.41 Å². The molecule has 0 aliphatic rings. The zero-order valence-electron chi connectivity index (χ0n) is 9.97. The van der Waals surface area contributed by atoms with E-state index in [-0.39, 0.29) is 5.56 Å². The van der Waals surface area contributed by atoms with E-state index in [1.54, 1.807) is 0 Å². The van der Waals surface area contributed by atoms with Crippen molar-refractivity contribution in [2.45, 2.75) is 33.0 Å². The van der Waals surface area contributed by atoms with E-state index in [9.17, 15) is 13.2 Å². The lowest BCUT2D eigenvalue weighted by Gasteiger charge is -2.31. The molecule has 0 radical (unpaired) electrons. The monoisotopic (exact) mass is 247 g/mol. The summed E-state index contributed by atoms with van der Waals surface area (Å²) in [6, 6.07) is 0.346. The van der Waals surface area contributed by atoms with Crippen LogP contribution in [0.4, 0.5) is 13.2 Å².